The molecule has 0 bridgehead atoms. The van der Waals surface area contributed by atoms with Gasteiger partial charge in [-0.3, -0.25) is 0 Å². The van der Waals surface area contributed by atoms with E-state index >= 15 is 0 Å². The molecule has 2 heteroatoms. The molecule has 2 rings (SSSR count). The van der Waals surface area contributed by atoms with Gasteiger partial charge in [0.25, 0.3) is 0 Å². The molecule has 2 atom stereocenters. The van der Waals surface area contributed by atoms with Crippen LogP contribution in [0.1, 0.15) is 57.2 Å². The van der Waals surface area contributed by atoms with Crippen molar-refractivity contribution < 1.29 is 4.74 Å². The Morgan fingerprint density at radius 2 is 2.00 bits per heavy atom. The van der Waals surface area contributed by atoms with Gasteiger partial charge in [-0.2, -0.15) is 0 Å². The maximum absolute atomic E-state index is 5.90. The van der Waals surface area contributed by atoms with Crippen LogP contribution in [-0.2, 0) is 11.2 Å². The van der Waals surface area contributed by atoms with Crippen LogP contribution in [0.4, 0.5) is 0 Å². The lowest BCUT2D eigenvalue weighted by molar-refractivity contribution is 0.0783. The molecule has 0 aliphatic carbocycles. The predicted molar refractivity (Wildman–Crippen MR) is 85.0 cm³/mol. The standard InChI is InChI=1S/C18H29NO/c1-4-11-19-18(17-6-5-12-20-17)16-9-7-15(8-10-16)13-14(2)3/h7-10,14,17-19H,4-6,11-13H2,1-3H3. The van der Waals surface area contributed by atoms with E-state index in [1.807, 2.05) is 0 Å². The van der Waals surface area contributed by atoms with E-state index in [0.29, 0.717) is 18.1 Å². The number of nitrogens with one attached hydrogen (secondary N) is 1. The Bertz CT molecular complexity index is 379. The molecule has 112 valence electrons. The second-order valence-electron chi connectivity index (χ2n) is 6.32. The van der Waals surface area contributed by atoms with Gasteiger partial charge in [0, 0.05) is 6.61 Å². The molecule has 1 aromatic rings. The lowest BCUT2D eigenvalue weighted by Gasteiger charge is -2.25. The first-order chi connectivity index (χ1) is 9.70. The van der Waals surface area contributed by atoms with E-state index in [1.165, 1.54) is 24.0 Å². The van der Waals surface area contributed by atoms with Gasteiger partial charge in [-0.25, -0.2) is 0 Å². The number of ether oxygens (including phenoxy) is 1. The molecule has 20 heavy (non-hydrogen) atoms. The molecule has 1 fully saturated rings. The lowest BCUT2D eigenvalue weighted by Crippen LogP contribution is -2.32. The fourth-order valence-corrected chi connectivity index (χ4v) is 2.96. The van der Waals surface area contributed by atoms with E-state index < -0.39 is 0 Å². The molecule has 2 unspecified atom stereocenters. The fourth-order valence-electron chi connectivity index (χ4n) is 2.96. The van der Waals surface area contributed by atoms with Gasteiger partial charge < -0.3 is 10.1 Å². The highest BCUT2D eigenvalue weighted by molar-refractivity contribution is 5.26. The van der Waals surface area contributed by atoms with E-state index in [4.69, 9.17) is 4.74 Å². The summed E-state index contributed by atoms with van der Waals surface area (Å²) in [5.74, 6) is 0.716. The summed E-state index contributed by atoms with van der Waals surface area (Å²) in [4.78, 5) is 0. The molecule has 1 saturated heterocycles. The van der Waals surface area contributed by atoms with Crippen molar-refractivity contribution >= 4 is 0 Å². The highest BCUT2D eigenvalue weighted by Gasteiger charge is 2.26. The average Bonchev–Trinajstić information content (AvgIpc) is 2.94. The maximum atomic E-state index is 5.90. The highest BCUT2D eigenvalue weighted by atomic mass is 16.5. The zero-order valence-corrected chi connectivity index (χ0v) is 13.2. The number of benzene rings is 1. The Balaban J connectivity index is 2.06. The van der Waals surface area contributed by atoms with Crippen LogP contribution in [0.25, 0.3) is 0 Å². The van der Waals surface area contributed by atoms with Crippen LogP contribution in [0.3, 0.4) is 0 Å². The number of hydrogen-bond acceptors (Lipinski definition) is 2. The molecule has 0 aromatic heterocycles. The normalized spacial score (nSPS) is 20.5. The summed E-state index contributed by atoms with van der Waals surface area (Å²) in [5.41, 5.74) is 2.81. The fraction of sp³-hybridized carbons (Fsp3) is 0.667. The Hall–Kier alpha value is -0.860. The molecule has 0 spiro atoms. The molecule has 0 amide bonds. The van der Waals surface area contributed by atoms with E-state index in [9.17, 15) is 0 Å². The zero-order chi connectivity index (χ0) is 14.4. The minimum absolute atomic E-state index is 0.345. The first-order valence-electron chi connectivity index (χ1n) is 8.14. The van der Waals surface area contributed by atoms with Crippen molar-refractivity contribution in [3.63, 3.8) is 0 Å². The molecule has 1 aliphatic rings. The van der Waals surface area contributed by atoms with Crippen molar-refractivity contribution in [1.29, 1.82) is 0 Å². The summed E-state index contributed by atoms with van der Waals surface area (Å²) in [6.07, 6.45) is 5.04. The summed E-state index contributed by atoms with van der Waals surface area (Å²) in [5, 5.41) is 3.66. The van der Waals surface area contributed by atoms with Gasteiger partial charge in [0.15, 0.2) is 0 Å². The van der Waals surface area contributed by atoms with Crippen molar-refractivity contribution in [1.82, 2.24) is 5.32 Å². The topological polar surface area (TPSA) is 21.3 Å². The van der Waals surface area contributed by atoms with Crippen molar-refractivity contribution in [3.05, 3.63) is 35.4 Å². The smallest absolute Gasteiger partial charge is 0.0770 e. The van der Waals surface area contributed by atoms with Crippen LogP contribution < -0.4 is 5.32 Å². The van der Waals surface area contributed by atoms with Crippen LogP contribution in [0.15, 0.2) is 24.3 Å². The molecule has 1 N–H and O–H groups in total. The Kier molecular flexibility index (Phi) is 6.06. The van der Waals surface area contributed by atoms with Crippen molar-refractivity contribution in [3.8, 4) is 0 Å². The van der Waals surface area contributed by atoms with Crippen LogP contribution in [-0.4, -0.2) is 19.3 Å². The minimum atomic E-state index is 0.345. The lowest BCUT2D eigenvalue weighted by atomic mass is 9.96. The van der Waals surface area contributed by atoms with E-state index in [0.717, 1.165) is 26.0 Å². The second-order valence-corrected chi connectivity index (χ2v) is 6.32. The van der Waals surface area contributed by atoms with E-state index in [-0.39, 0.29) is 0 Å². The van der Waals surface area contributed by atoms with Gasteiger partial charge in [0.1, 0.15) is 0 Å². The van der Waals surface area contributed by atoms with Crippen LogP contribution in [0, 0.1) is 5.92 Å². The van der Waals surface area contributed by atoms with Crippen molar-refractivity contribution in [2.24, 2.45) is 5.92 Å². The second kappa shape index (κ2) is 7.80. The van der Waals surface area contributed by atoms with Gasteiger partial charge >= 0.3 is 0 Å². The van der Waals surface area contributed by atoms with E-state index in [2.05, 4.69) is 50.4 Å². The van der Waals surface area contributed by atoms with Gasteiger partial charge in [-0.15, -0.1) is 0 Å². The first-order valence-corrected chi connectivity index (χ1v) is 8.14. The third kappa shape index (κ3) is 4.32. The van der Waals surface area contributed by atoms with Crippen LogP contribution in [0.2, 0.25) is 0 Å². The molecular formula is C18H29NO. The Morgan fingerprint density at radius 1 is 1.25 bits per heavy atom. The van der Waals surface area contributed by atoms with Gasteiger partial charge in [0.05, 0.1) is 12.1 Å². The zero-order valence-electron chi connectivity index (χ0n) is 13.2. The summed E-state index contributed by atoms with van der Waals surface area (Å²) in [7, 11) is 0. The third-order valence-corrected chi connectivity index (χ3v) is 3.93. The Morgan fingerprint density at radius 3 is 2.55 bits per heavy atom. The first kappa shape index (κ1) is 15.5. The average molecular weight is 275 g/mol. The largest absolute Gasteiger partial charge is 0.376 e. The summed E-state index contributed by atoms with van der Waals surface area (Å²) >= 11 is 0. The monoisotopic (exact) mass is 275 g/mol. The van der Waals surface area contributed by atoms with Crippen molar-refractivity contribution in [2.75, 3.05) is 13.2 Å². The summed E-state index contributed by atoms with van der Waals surface area (Å²) in [6, 6.07) is 9.49. The minimum Gasteiger partial charge on any atom is -0.376 e. The molecule has 2 nitrogen and oxygen atoms in total. The molecule has 0 saturated carbocycles. The van der Waals surface area contributed by atoms with E-state index in [1.54, 1.807) is 0 Å². The third-order valence-electron chi connectivity index (χ3n) is 3.93. The SMILES string of the molecule is CCCNC(c1ccc(CC(C)C)cc1)C1CCCO1. The molecular weight excluding hydrogens is 246 g/mol. The molecule has 1 aromatic carbocycles. The highest BCUT2D eigenvalue weighted by Crippen LogP contribution is 2.27. The predicted octanol–water partition coefficient (Wildman–Crippen LogP) is 4.10. The van der Waals surface area contributed by atoms with Crippen LogP contribution >= 0.6 is 0 Å². The van der Waals surface area contributed by atoms with Crippen LogP contribution in [0.5, 0.6) is 0 Å². The maximum Gasteiger partial charge on any atom is 0.0770 e. The number of rotatable bonds is 7. The van der Waals surface area contributed by atoms with Crippen molar-refractivity contribution in [2.45, 2.75) is 58.6 Å². The van der Waals surface area contributed by atoms with Gasteiger partial charge in [0.2, 0.25) is 0 Å². The quantitative estimate of drug-likeness (QED) is 0.808. The summed E-state index contributed by atoms with van der Waals surface area (Å²) in [6.45, 7) is 8.72. The molecule has 0 radical (unpaired) electrons. The molecule has 1 heterocycles. The van der Waals surface area contributed by atoms with Gasteiger partial charge in [-0.1, -0.05) is 45.0 Å². The number of hydrogen-bond donors (Lipinski definition) is 1. The molecule has 1 aliphatic heterocycles. The summed E-state index contributed by atoms with van der Waals surface area (Å²) < 4.78 is 5.90. The Labute approximate surface area is 123 Å². The van der Waals surface area contributed by atoms with Gasteiger partial charge in [-0.05, 0) is 49.3 Å².